The third kappa shape index (κ3) is 2.61. The lowest BCUT2D eigenvalue weighted by Gasteiger charge is -2.43. The van der Waals surface area contributed by atoms with Crippen LogP contribution in [0.3, 0.4) is 0 Å². The zero-order chi connectivity index (χ0) is 22.5. The maximum absolute atomic E-state index is 4.06. The molecule has 6 aromatic carbocycles. The van der Waals surface area contributed by atoms with Crippen molar-refractivity contribution in [1.82, 2.24) is 0 Å². The second-order valence-corrected chi connectivity index (χ2v) is 9.03. The van der Waals surface area contributed by atoms with Crippen molar-refractivity contribution in [2.24, 2.45) is 0 Å². The second kappa shape index (κ2) is 7.33. The number of benzene rings is 6. The van der Waals surface area contributed by atoms with Crippen LogP contribution in [0.15, 0.2) is 133 Å². The normalized spacial score (nSPS) is 13.8. The Hall–Kier alpha value is -4.36. The monoisotopic (exact) mass is 433 g/mol. The van der Waals surface area contributed by atoms with E-state index >= 15 is 0 Å². The molecule has 1 nitrogen and oxygen atoms in total. The molecule has 1 aliphatic heterocycles. The van der Waals surface area contributed by atoms with Gasteiger partial charge in [-0.15, -0.1) is 0 Å². The van der Waals surface area contributed by atoms with E-state index in [-0.39, 0.29) is 0 Å². The van der Waals surface area contributed by atoms with Crippen LogP contribution in [0.25, 0.3) is 32.7 Å². The van der Waals surface area contributed by atoms with E-state index in [1.165, 1.54) is 49.4 Å². The Morgan fingerprint density at radius 1 is 0.412 bits per heavy atom. The van der Waals surface area contributed by atoms with Crippen LogP contribution in [0.1, 0.15) is 16.7 Å². The standard InChI is InChI=1S/C33H23N/c1-3-13-25(14-4-1)33(26-15-5-2-6-16-26)29-21-19-23-11-7-9-17-27(23)31(29)32-28-18-10-8-12-24(28)20-22-30(32)34-33/h1-22,34H. The van der Waals surface area contributed by atoms with Gasteiger partial charge in [0.25, 0.3) is 0 Å². The van der Waals surface area contributed by atoms with Gasteiger partial charge in [-0.25, -0.2) is 0 Å². The summed E-state index contributed by atoms with van der Waals surface area (Å²) in [5.74, 6) is 0. The van der Waals surface area contributed by atoms with E-state index in [0.717, 1.165) is 5.69 Å². The molecule has 6 aromatic rings. The molecule has 0 aromatic heterocycles. The molecule has 7 rings (SSSR count). The maximum Gasteiger partial charge on any atom is 0.114 e. The van der Waals surface area contributed by atoms with Crippen molar-refractivity contribution < 1.29 is 0 Å². The zero-order valence-corrected chi connectivity index (χ0v) is 18.7. The Balaban J connectivity index is 1.70. The molecule has 1 heteroatoms. The third-order valence-electron chi connectivity index (χ3n) is 7.25. The first kappa shape index (κ1) is 19.1. The summed E-state index contributed by atoms with van der Waals surface area (Å²) in [5.41, 5.74) is 7.01. The van der Waals surface area contributed by atoms with Crippen LogP contribution >= 0.6 is 0 Å². The lowest BCUT2D eigenvalue weighted by Crippen LogP contribution is -2.40. The lowest BCUT2D eigenvalue weighted by molar-refractivity contribution is 0.709. The molecule has 0 saturated carbocycles. The van der Waals surface area contributed by atoms with Gasteiger partial charge in [0.15, 0.2) is 0 Å². The summed E-state index contributed by atoms with van der Waals surface area (Å²) in [5, 5.41) is 9.14. The SMILES string of the molecule is c1ccc(C2(c3ccccc3)Nc3ccc4ccccc4c3-c3c2ccc2ccccc32)cc1. The zero-order valence-electron chi connectivity index (χ0n) is 18.7. The van der Waals surface area contributed by atoms with Crippen molar-refractivity contribution in [3.8, 4) is 11.1 Å². The van der Waals surface area contributed by atoms with E-state index in [9.17, 15) is 0 Å². The number of nitrogens with one attached hydrogen (secondary N) is 1. The van der Waals surface area contributed by atoms with Crippen molar-refractivity contribution in [3.63, 3.8) is 0 Å². The summed E-state index contributed by atoms with van der Waals surface area (Å²) in [6, 6.07) is 48.3. The Kier molecular flexibility index (Phi) is 4.13. The van der Waals surface area contributed by atoms with Crippen LogP contribution in [-0.2, 0) is 5.54 Å². The fourth-order valence-electron chi connectivity index (χ4n) is 5.77. The van der Waals surface area contributed by atoms with Gasteiger partial charge in [-0.3, -0.25) is 0 Å². The molecule has 0 unspecified atom stereocenters. The van der Waals surface area contributed by atoms with Crippen molar-refractivity contribution in [1.29, 1.82) is 0 Å². The van der Waals surface area contributed by atoms with E-state index in [1.54, 1.807) is 0 Å². The summed E-state index contributed by atoms with van der Waals surface area (Å²) in [6.45, 7) is 0. The average Bonchev–Trinajstić information content (AvgIpc) is 2.93. The number of fused-ring (bicyclic) bond motifs is 7. The topological polar surface area (TPSA) is 12.0 Å². The summed E-state index contributed by atoms with van der Waals surface area (Å²) >= 11 is 0. The highest BCUT2D eigenvalue weighted by atomic mass is 15.0. The smallest absolute Gasteiger partial charge is 0.114 e. The van der Waals surface area contributed by atoms with Crippen molar-refractivity contribution >= 4 is 27.2 Å². The van der Waals surface area contributed by atoms with Gasteiger partial charge in [0.05, 0.1) is 0 Å². The Labute approximate surface area is 199 Å². The quantitative estimate of drug-likeness (QED) is 0.289. The molecule has 0 bridgehead atoms. The van der Waals surface area contributed by atoms with Gasteiger partial charge in [0, 0.05) is 11.3 Å². The molecule has 0 aliphatic carbocycles. The van der Waals surface area contributed by atoms with Gasteiger partial charge < -0.3 is 5.32 Å². The number of anilines is 1. The van der Waals surface area contributed by atoms with E-state index in [4.69, 9.17) is 0 Å². The van der Waals surface area contributed by atoms with Gasteiger partial charge in [0.2, 0.25) is 0 Å². The minimum absolute atomic E-state index is 0.503. The molecule has 0 radical (unpaired) electrons. The molecular formula is C33H23N. The van der Waals surface area contributed by atoms with Crippen molar-refractivity contribution in [2.45, 2.75) is 5.54 Å². The van der Waals surface area contributed by atoms with Crippen LogP contribution in [0.2, 0.25) is 0 Å². The first-order valence-electron chi connectivity index (χ1n) is 11.8. The molecule has 0 atom stereocenters. The molecular weight excluding hydrogens is 410 g/mol. The second-order valence-electron chi connectivity index (χ2n) is 9.03. The third-order valence-corrected chi connectivity index (χ3v) is 7.25. The highest BCUT2D eigenvalue weighted by molar-refractivity contribution is 6.13. The molecule has 1 heterocycles. The molecule has 0 spiro atoms. The van der Waals surface area contributed by atoms with Crippen LogP contribution in [-0.4, -0.2) is 0 Å². The van der Waals surface area contributed by atoms with E-state index in [0.29, 0.717) is 0 Å². The fourth-order valence-corrected chi connectivity index (χ4v) is 5.77. The molecule has 1 N–H and O–H groups in total. The van der Waals surface area contributed by atoms with Gasteiger partial charge in [-0.05, 0) is 49.9 Å². The lowest BCUT2D eigenvalue weighted by atomic mass is 9.70. The minimum Gasteiger partial charge on any atom is -0.367 e. The minimum atomic E-state index is -0.503. The van der Waals surface area contributed by atoms with Crippen LogP contribution in [0, 0.1) is 0 Å². The van der Waals surface area contributed by atoms with E-state index in [1.807, 2.05) is 0 Å². The highest BCUT2D eigenvalue weighted by Crippen LogP contribution is 2.53. The summed E-state index contributed by atoms with van der Waals surface area (Å²) in [4.78, 5) is 0. The first-order chi connectivity index (χ1) is 16.9. The predicted molar refractivity (Wildman–Crippen MR) is 143 cm³/mol. The molecule has 0 fully saturated rings. The molecule has 34 heavy (non-hydrogen) atoms. The Bertz CT molecular complexity index is 1630. The highest BCUT2D eigenvalue weighted by Gasteiger charge is 2.42. The molecule has 1 aliphatic rings. The summed E-state index contributed by atoms with van der Waals surface area (Å²) in [7, 11) is 0. The fraction of sp³-hybridized carbons (Fsp3) is 0.0303. The summed E-state index contributed by atoms with van der Waals surface area (Å²) < 4.78 is 0. The van der Waals surface area contributed by atoms with Crippen LogP contribution in [0.5, 0.6) is 0 Å². The predicted octanol–water partition coefficient (Wildman–Crippen LogP) is 8.38. The molecule has 160 valence electrons. The molecule has 0 amide bonds. The van der Waals surface area contributed by atoms with E-state index < -0.39 is 5.54 Å². The van der Waals surface area contributed by atoms with Crippen LogP contribution in [0.4, 0.5) is 5.69 Å². The van der Waals surface area contributed by atoms with Crippen molar-refractivity contribution in [3.05, 3.63) is 150 Å². The van der Waals surface area contributed by atoms with Gasteiger partial charge >= 0.3 is 0 Å². The van der Waals surface area contributed by atoms with Gasteiger partial charge in [-0.1, -0.05) is 127 Å². The van der Waals surface area contributed by atoms with E-state index in [2.05, 4.69) is 139 Å². The summed E-state index contributed by atoms with van der Waals surface area (Å²) in [6.07, 6.45) is 0. The largest absolute Gasteiger partial charge is 0.367 e. The number of rotatable bonds is 2. The molecule has 0 saturated heterocycles. The number of hydrogen-bond acceptors (Lipinski definition) is 1. The Morgan fingerprint density at radius 2 is 0.912 bits per heavy atom. The van der Waals surface area contributed by atoms with Gasteiger partial charge in [0.1, 0.15) is 5.54 Å². The van der Waals surface area contributed by atoms with Crippen LogP contribution < -0.4 is 5.32 Å². The maximum atomic E-state index is 4.06. The Morgan fingerprint density at radius 3 is 1.53 bits per heavy atom. The van der Waals surface area contributed by atoms with Gasteiger partial charge in [-0.2, -0.15) is 0 Å². The first-order valence-corrected chi connectivity index (χ1v) is 11.8. The van der Waals surface area contributed by atoms with Crippen molar-refractivity contribution in [2.75, 3.05) is 5.32 Å². The average molecular weight is 434 g/mol. The number of hydrogen-bond donors (Lipinski definition) is 1.